The molecule has 7 heteroatoms. The Morgan fingerprint density at radius 1 is 0.905 bits per heavy atom. The Labute approximate surface area is 248 Å². The van der Waals surface area contributed by atoms with Crippen molar-refractivity contribution in [2.24, 2.45) is 5.92 Å². The van der Waals surface area contributed by atoms with Gasteiger partial charge in [-0.05, 0) is 84.8 Å². The first-order chi connectivity index (χ1) is 20.3. The largest absolute Gasteiger partial charge is 0.497 e. The van der Waals surface area contributed by atoms with E-state index in [2.05, 4.69) is 11.4 Å². The van der Waals surface area contributed by atoms with E-state index in [-0.39, 0.29) is 17.5 Å². The number of carbonyl (C=O) groups excluding carboxylic acids is 3. The zero-order valence-corrected chi connectivity index (χ0v) is 23.8. The van der Waals surface area contributed by atoms with Crippen LogP contribution in [-0.2, 0) is 10.2 Å². The lowest BCUT2D eigenvalue weighted by Gasteiger charge is -2.37. The summed E-state index contributed by atoms with van der Waals surface area (Å²) in [6, 6.07) is 25.5. The molecule has 3 aliphatic rings. The Morgan fingerprint density at radius 3 is 2.33 bits per heavy atom. The minimum Gasteiger partial charge on any atom is -0.497 e. The predicted octanol–water partition coefficient (Wildman–Crippen LogP) is 6.51. The molecule has 3 aliphatic heterocycles. The van der Waals surface area contributed by atoms with Crippen LogP contribution in [0.5, 0.6) is 5.75 Å². The minimum atomic E-state index is -1.36. The van der Waals surface area contributed by atoms with Crippen LogP contribution in [0.15, 0.2) is 97.1 Å². The van der Waals surface area contributed by atoms with Crippen LogP contribution >= 0.6 is 11.6 Å². The van der Waals surface area contributed by atoms with Crippen LogP contribution in [0.25, 0.3) is 6.08 Å². The lowest BCUT2D eigenvalue weighted by Crippen LogP contribution is -2.51. The molecule has 0 aromatic heterocycles. The molecule has 7 rings (SSSR count). The molecule has 1 spiro atoms. The van der Waals surface area contributed by atoms with Crippen LogP contribution in [0.2, 0.25) is 5.02 Å². The molecule has 3 heterocycles. The highest BCUT2D eigenvalue weighted by atomic mass is 35.5. The topological polar surface area (TPSA) is 75.7 Å². The Kier molecular flexibility index (Phi) is 6.06. The van der Waals surface area contributed by atoms with Crippen molar-refractivity contribution in [1.82, 2.24) is 0 Å². The van der Waals surface area contributed by atoms with E-state index in [9.17, 15) is 14.4 Å². The highest BCUT2D eigenvalue weighted by Crippen LogP contribution is 2.58. The van der Waals surface area contributed by atoms with Crippen LogP contribution in [0.3, 0.4) is 0 Å². The van der Waals surface area contributed by atoms with Gasteiger partial charge in [-0.25, -0.2) is 0 Å². The second-order valence-corrected chi connectivity index (χ2v) is 11.5. The van der Waals surface area contributed by atoms with Gasteiger partial charge in [0.2, 0.25) is 5.91 Å². The number of benzene rings is 4. The molecule has 4 atom stereocenters. The number of rotatable bonds is 5. The SMILES string of the molecule is COc1ccc(C(=O)[C@H]2[C@@H](C(=O)c3ccc(Cl)cc3)N3c4ccc(C)cc4C=C[C@H]3[C@@]23C(=O)Nc2ccccc23)cc1. The van der Waals surface area contributed by atoms with Gasteiger partial charge in [-0.2, -0.15) is 0 Å². The van der Waals surface area contributed by atoms with Gasteiger partial charge in [-0.3, -0.25) is 14.4 Å². The number of methoxy groups -OCH3 is 1. The van der Waals surface area contributed by atoms with Crippen LogP contribution < -0.4 is 15.0 Å². The van der Waals surface area contributed by atoms with Gasteiger partial charge in [0.25, 0.3) is 0 Å². The maximum Gasteiger partial charge on any atom is 0.238 e. The molecule has 4 aromatic carbocycles. The number of para-hydroxylation sites is 1. The van der Waals surface area contributed by atoms with Gasteiger partial charge >= 0.3 is 0 Å². The van der Waals surface area contributed by atoms with Crippen LogP contribution in [0, 0.1) is 12.8 Å². The zero-order valence-electron chi connectivity index (χ0n) is 23.0. The van der Waals surface area contributed by atoms with Crippen LogP contribution in [0.1, 0.15) is 37.4 Å². The Morgan fingerprint density at radius 2 is 1.60 bits per heavy atom. The molecule has 4 aromatic rings. The number of aryl methyl sites for hydroxylation is 1. The summed E-state index contributed by atoms with van der Waals surface area (Å²) in [6.45, 7) is 2.01. The summed E-state index contributed by atoms with van der Waals surface area (Å²) in [5.41, 5.74) is 3.63. The predicted molar refractivity (Wildman–Crippen MR) is 164 cm³/mol. The number of ketones is 2. The summed E-state index contributed by atoms with van der Waals surface area (Å²) in [5, 5.41) is 3.56. The number of hydrogen-bond donors (Lipinski definition) is 1. The molecule has 0 bridgehead atoms. The molecule has 0 unspecified atom stereocenters. The van der Waals surface area contributed by atoms with Gasteiger partial charge in [0.1, 0.15) is 17.2 Å². The van der Waals surface area contributed by atoms with E-state index >= 15 is 0 Å². The van der Waals surface area contributed by atoms with Crippen molar-refractivity contribution in [1.29, 1.82) is 0 Å². The monoisotopic (exact) mass is 574 g/mol. The molecule has 208 valence electrons. The third-order valence-electron chi connectivity index (χ3n) is 8.84. The standard InChI is InChI=1S/C35H27ClN2O4/c1-20-7-17-28-23(19-20)12-18-29-35(26-5-3-4-6-27(26)37-34(35)41)30(32(39)21-10-15-25(42-2)16-11-21)31(38(28)29)33(40)22-8-13-24(36)14-9-22/h3-19,29-31H,1-2H3,(H,37,41)/t29-,30+,31-,35+/m0/s1. The Bertz CT molecular complexity index is 1800. The van der Waals surface area contributed by atoms with Gasteiger partial charge in [0.15, 0.2) is 11.6 Å². The van der Waals surface area contributed by atoms with Crippen molar-refractivity contribution < 1.29 is 19.1 Å². The second-order valence-electron chi connectivity index (χ2n) is 11.0. The fourth-order valence-electron chi connectivity index (χ4n) is 7.02. The van der Waals surface area contributed by atoms with E-state index in [0.717, 1.165) is 16.8 Å². The lowest BCUT2D eigenvalue weighted by atomic mass is 9.64. The summed E-state index contributed by atoms with van der Waals surface area (Å²) < 4.78 is 5.33. The fraction of sp³-hybridized carbons (Fsp3) is 0.171. The van der Waals surface area contributed by atoms with Gasteiger partial charge in [0, 0.05) is 27.5 Å². The maximum atomic E-state index is 14.8. The smallest absolute Gasteiger partial charge is 0.238 e. The lowest BCUT2D eigenvalue weighted by molar-refractivity contribution is -0.121. The molecule has 1 saturated heterocycles. The van der Waals surface area contributed by atoms with Crippen LogP contribution in [-0.4, -0.2) is 36.7 Å². The molecule has 42 heavy (non-hydrogen) atoms. The molecule has 1 amide bonds. The summed E-state index contributed by atoms with van der Waals surface area (Å²) in [5.74, 6) is -1.26. The fourth-order valence-corrected chi connectivity index (χ4v) is 7.14. The number of halogens is 1. The van der Waals surface area contributed by atoms with E-state index in [1.165, 1.54) is 0 Å². The second kappa shape index (κ2) is 9.71. The number of Topliss-reactive ketones (excluding diaryl/α,β-unsaturated/α-hetero) is 2. The van der Waals surface area contributed by atoms with Gasteiger partial charge in [-0.1, -0.05) is 53.6 Å². The van der Waals surface area contributed by atoms with Crippen molar-refractivity contribution in [3.63, 3.8) is 0 Å². The number of anilines is 2. The van der Waals surface area contributed by atoms with Crippen molar-refractivity contribution in [3.05, 3.63) is 130 Å². The van der Waals surface area contributed by atoms with Gasteiger partial charge in [-0.15, -0.1) is 0 Å². The molecular weight excluding hydrogens is 548 g/mol. The molecule has 6 nitrogen and oxygen atoms in total. The average Bonchev–Trinajstić information content (AvgIpc) is 3.49. The van der Waals surface area contributed by atoms with Gasteiger partial charge < -0.3 is 15.0 Å². The Hall–Kier alpha value is -4.68. The summed E-state index contributed by atoms with van der Waals surface area (Å²) in [6.07, 6.45) is 3.98. The van der Waals surface area contributed by atoms with E-state index in [1.54, 1.807) is 55.6 Å². The number of hydrogen-bond acceptors (Lipinski definition) is 5. The van der Waals surface area contributed by atoms with Crippen molar-refractivity contribution in [3.8, 4) is 5.75 Å². The average molecular weight is 575 g/mol. The first-order valence-corrected chi connectivity index (χ1v) is 14.2. The van der Waals surface area contributed by atoms with Crippen LogP contribution in [0.4, 0.5) is 11.4 Å². The highest BCUT2D eigenvalue weighted by molar-refractivity contribution is 6.30. The molecule has 0 radical (unpaired) electrons. The molecule has 0 saturated carbocycles. The number of carbonyl (C=O) groups is 3. The number of amides is 1. The zero-order chi connectivity index (χ0) is 29.2. The maximum absolute atomic E-state index is 14.8. The summed E-state index contributed by atoms with van der Waals surface area (Å²) in [7, 11) is 1.56. The third-order valence-corrected chi connectivity index (χ3v) is 9.09. The number of nitrogens with zero attached hydrogens (tertiary/aromatic N) is 1. The Balaban J connectivity index is 1.52. The first-order valence-electron chi connectivity index (χ1n) is 13.8. The van der Waals surface area contributed by atoms with E-state index in [1.807, 2.05) is 60.4 Å². The first kappa shape index (κ1) is 26.2. The number of fused-ring (bicyclic) bond motifs is 6. The minimum absolute atomic E-state index is 0.251. The molecular formula is C35H27ClN2O4. The van der Waals surface area contributed by atoms with E-state index < -0.39 is 23.4 Å². The molecule has 1 fully saturated rings. The molecule has 1 N–H and O–H groups in total. The normalized spacial score (nSPS) is 23.3. The highest BCUT2D eigenvalue weighted by Gasteiger charge is 2.70. The number of nitrogens with one attached hydrogen (secondary N) is 1. The summed E-state index contributed by atoms with van der Waals surface area (Å²) in [4.78, 5) is 45.9. The van der Waals surface area contributed by atoms with E-state index in [0.29, 0.717) is 33.1 Å². The van der Waals surface area contributed by atoms with Crippen molar-refractivity contribution >= 4 is 46.5 Å². The molecule has 0 aliphatic carbocycles. The quantitative estimate of drug-likeness (QED) is 0.275. The van der Waals surface area contributed by atoms with Crippen molar-refractivity contribution in [2.75, 3.05) is 17.3 Å². The third kappa shape index (κ3) is 3.68. The van der Waals surface area contributed by atoms with Gasteiger partial charge in [0.05, 0.1) is 19.1 Å². The van der Waals surface area contributed by atoms with Crippen molar-refractivity contribution in [2.45, 2.75) is 24.4 Å². The number of ether oxygens (including phenoxy) is 1. The summed E-state index contributed by atoms with van der Waals surface area (Å²) >= 11 is 6.18. The van der Waals surface area contributed by atoms with E-state index in [4.69, 9.17) is 16.3 Å².